The van der Waals surface area contributed by atoms with Crippen molar-refractivity contribution in [2.24, 2.45) is 0 Å². The molecule has 1 atom stereocenters. The molecule has 2 aromatic rings. The number of amides is 1. The van der Waals surface area contributed by atoms with Crippen LogP contribution >= 0.6 is 0 Å². The van der Waals surface area contributed by atoms with E-state index < -0.39 is 12.1 Å². The molecule has 1 aliphatic rings. The largest absolute Gasteiger partial charge is 0.475 e. The summed E-state index contributed by atoms with van der Waals surface area (Å²) in [6.07, 6.45) is -0.0176. The topological polar surface area (TPSA) is 81.9 Å². The summed E-state index contributed by atoms with van der Waals surface area (Å²) in [7, 11) is 1.30. The molecule has 0 radical (unpaired) electrons. The number of hydrogen-bond donors (Lipinski definition) is 0. The summed E-state index contributed by atoms with van der Waals surface area (Å²) in [6, 6.07) is 7.16. The summed E-state index contributed by atoms with van der Waals surface area (Å²) < 4.78 is 15.6. The van der Waals surface area contributed by atoms with Crippen molar-refractivity contribution in [1.29, 1.82) is 0 Å². The summed E-state index contributed by atoms with van der Waals surface area (Å²) >= 11 is 0. The van der Waals surface area contributed by atoms with Crippen LogP contribution in [0.4, 0.5) is 5.69 Å². The molecule has 1 amide bonds. The number of aromatic nitrogens is 1. The van der Waals surface area contributed by atoms with Crippen molar-refractivity contribution in [2.45, 2.75) is 32.8 Å². The number of aryl methyl sites for hydroxylation is 2. The van der Waals surface area contributed by atoms with Crippen molar-refractivity contribution in [3.05, 3.63) is 41.3 Å². The number of rotatable bonds is 4. The minimum atomic E-state index is -0.831. The quantitative estimate of drug-likeness (QED) is 0.791. The number of fused-ring (bicyclic) bond motifs is 1. The molecule has 0 spiro atoms. The zero-order chi connectivity index (χ0) is 18.0. The first-order chi connectivity index (χ1) is 12.0. The van der Waals surface area contributed by atoms with Gasteiger partial charge in [-0.25, -0.2) is 4.79 Å². The molecule has 7 heteroatoms. The molecular weight excluding hydrogens is 324 g/mol. The molecule has 0 bridgehead atoms. The highest BCUT2D eigenvalue weighted by Gasteiger charge is 2.34. The number of methoxy groups -OCH3 is 1. The Morgan fingerprint density at radius 3 is 2.76 bits per heavy atom. The lowest BCUT2D eigenvalue weighted by molar-refractivity contribution is -0.148. The van der Waals surface area contributed by atoms with Gasteiger partial charge in [0.05, 0.1) is 25.0 Å². The Labute approximate surface area is 145 Å². The van der Waals surface area contributed by atoms with Crippen LogP contribution in [0.1, 0.15) is 23.4 Å². The molecule has 1 aromatic heterocycles. The lowest BCUT2D eigenvalue weighted by Crippen LogP contribution is -2.47. The number of carbonyl (C=O) groups is 2. The maximum atomic E-state index is 12.8. The summed E-state index contributed by atoms with van der Waals surface area (Å²) in [6.45, 7) is 3.81. The van der Waals surface area contributed by atoms with Gasteiger partial charge in [-0.3, -0.25) is 4.79 Å². The second-order valence-electron chi connectivity index (χ2n) is 5.90. The van der Waals surface area contributed by atoms with Crippen molar-refractivity contribution < 1.29 is 23.6 Å². The zero-order valence-corrected chi connectivity index (χ0v) is 14.4. The number of ether oxygens (including phenoxy) is 2. The second-order valence-corrected chi connectivity index (χ2v) is 5.90. The summed E-state index contributed by atoms with van der Waals surface area (Å²) in [5, 5.41) is 3.91. The van der Waals surface area contributed by atoms with E-state index in [0.29, 0.717) is 17.9 Å². The molecule has 0 aliphatic carbocycles. The van der Waals surface area contributed by atoms with Gasteiger partial charge in [-0.15, -0.1) is 0 Å². The van der Waals surface area contributed by atoms with Crippen LogP contribution in [-0.4, -0.2) is 36.8 Å². The Morgan fingerprint density at radius 2 is 2.08 bits per heavy atom. The predicted octanol–water partition coefficient (Wildman–Crippen LogP) is 2.19. The number of para-hydroxylation sites is 2. The Bertz CT molecular complexity index is 779. The summed E-state index contributed by atoms with van der Waals surface area (Å²) in [5.41, 5.74) is 2.39. The van der Waals surface area contributed by atoms with Gasteiger partial charge in [-0.05, 0) is 32.4 Å². The average Bonchev–Trinajstić information content (AvgIpc) is 2.95. The third-order valence-corrected chi connectivity index (χ3v) is 4.31. The SMILES string of the molecule is COC(=O)[C@H]1CN(C(=O)CCc2c(C)noc2C)c2ccccc2O1. The normalized spacial score (nSPS) is 16.1. The first-order valence-corrected chi connectivity index (χ1v) is 8.07. The van der Waals surface area contributed by atoms with Gasteiger partial charge in [0.15, 0.2) is 0 Å². The van der Waals surface area contributed by atoms with E-state index in [2.05, 4.69) is 5.16 Å². The first-order valence-electron chi connectivity index (χ1n) is 8.07. The van der Waals surface area contributed by atoms with Gasteiger partial charge in [-0.1, -0.05) is 17.3 Å². The van der Waals surface area contributed by atoms with Gasteiger partial charge in [0, 0.05) is 12.0 Å². The fourth-order valence-corrected chi connectivity index (χ4v) is 2.95. The highest BCUT2D eigenvalue weighted by molar-refractivity contribution is 5.96. The Kier molecular flexibility index (Phi) is 4.74. The molecule has 1 aliphatic heterocycles. The number of benzene rings is 1. The van der Waals surface area contributed by atoms with Crippen LogP contribution in [0.25, 0.3) is 0 Å². The van der Waals surface area contributed by atoms with Crippen molar-refractivity contribution in [3.8, 4) is 5.75 Å². The maximum Gasteiger partial charge on any atom is 0.348 e. The summed E-state index contributed by atoms with van der Waals surface area (Å²) in [4.78, 5) is 26.3. The third-order valence-electron chi connectivity index (χ3n) is 4.31. The molecule has 7 nitrogen and oxygen atoms in total. The molecule has 0 N–H and O–H groups in total. The van der Waals surface area contributed by atoms with E-state index in [1.54, 1.807) is 23.1 Å². The highest BCUT2D eigenvalue weighted by Crippen LogP contribution is 2.34. The number of esters is 1. The fraction of sp³-hybridized carbons (Fsp3) is 0.389. The van der Waals surface area contributed by atoms with E-state index in [4.69, 9.17) is 14.0 Å². The Hall–Kier alpha value is -2.83. The van der Waals surface area contributed by atoms with E-state index in [0.717, 1.165) is 17.0 Å². The predicted molar refractivity (Wildman–Crippen MR) is 89.5 cm³/mol. The minimum absolute atomic E-state index is 0.0929. The van der Waals surface area contributed by atoms with Crippen LogP contribution in [0.3, 0.4) is 0 Å². The van der Waals surface area contributed by atoms with Gasteiger partial charge in [0.25, 0.3) is 0 Å². The molecule has 3 rings (SSSR count). The van der Waals surface area contributed by atoms with Gasteiger partial charge in [-0.2, -0.15) is 0 Å². The van der Waals surface area contributed by atoms with Gasteiger partial charge >= 0.3 is 5.97 Å². The van der Waals surface area contributed by atoms with E-state index in [-0.39, 0.29) is 18.9 Å². The van der Waals surface area contributed by atoms with Gasteiger partial charge in [0.1, 0.15) is 11.5 Å². The molecule has 25 heavy (non-hydrogen) atoms. The zero-order valence-electron chi connectivity index (χ0n) is 14.4. The Balaban J connectivity index is 1.79. The smallest absolute Gasteiger partial charge is 0.348 e. The summed E-state index contributed by atoms with van der Waals surface area (Å²) in [5.74, 6) is 0.623. The van der Waals surface area contributed by atoms with Crippen molar-refractivity contribution in [1.82, 2.24) is 5.16 Å². The number of hydrogen-bond acceptors (Lipinski definition) is 6. The average molecular weight is 344 g/mol. The van der Waals surface area contributed by atoms with Gasteiger partial charge < -0.3 is 18.9 Å². The molecular formula is C18H20N2O5. The number of carbonyl (C=O) groups excluding carboxylic acids is 2. The minimum Gasteiger partial charge on any atom is -0.475 e. The standard InChI is InChI=1S/C18H20N2O5/c1-11-13(12(2)25-19-11)8-9-17(21)20-10-16(18(22)23-3)24-15-7-5-4-6-14(15)20/h4-7,16H,8-10H2,1-3H3/t16-/m1/s1. The molecule has 0 fully saturated rings. The first kappa shape index (κ1) is 17.0. The molecule has 0 saturated heterocycles. The monoisotopic (exact) mass is 344 g/mol. The van der Waals surface area contributed by atoms with E-state index >= 15 is 0 Å². The number of anilines is 1. The number of nitrogens with zero attached hydrogens (tertiary/aromatic N) is 2. The van der Waals surface area contributed by atoms with Crippen LogP contribution in [-0.2, 0) is 20.7 Å². The van der Waals surface area contributed by atoms with Crippen molar-refractivity contribution >= 4 is 17.6 Å². The van der Waals surface area contributed by atoms with E-state index in [1.165, 1.54) is 7.11 Å². The van der Waals surface area contributed by atoms with Crippen LogP contribution < -0.4 is 9.64 Å². The second kappa shape index (κ2) is 6.96. The molecule has 2 heterocycles. The molecule has 0 saturated carbocycles. The molecule has 1 aromatic carbocycles. The molecule has 132 valence electrons. The van der Waals surface area contributed by atoms with Crippen LogP contribution in [0.2, 0.25) is 0 Å². The lowest BCUT2D eigenvalue weighted by Gasteiger charge is -2.33. The third kappa shape index (κ3) is 3.35. The van der Waals surface area contributed by atoms with Crippen LogP contribution in [0.15, 0.2) is 28.8 Å². The highest BCUT2D eigenvalue weighted by atomic mass is 16.6. The van der Waals surface area contributed by atoms with Crippen molar-refractivity contribution in [2.75, 3.05) is 18.6 Å². The molecule has 0 unspecified atom stereocenters. The van der Waals surface area contributed by atoms with Crippen LogP contribution in [0.5, 0.6) is 5.75 Å². The van der Waals surface area contributed by atoms with Crippen LogP contribution in [0, 0.1) is 13.8 Å². The van der Waals surface area contributed by atoms with Crippen molar-refractivity contribution in [3.63, 3.8) is 0 Å². The van der Waals surface area contributed by atoms with E-state index in [9.17, 15) is 9.59 Å². The maximum absolute atomic E-state index is 12.8. The van der Waals surface area contributed by atoms with Gasteiger partial charge in [0.2, 0.25) is 12.0 Å². The Morgan fingerprint density at radius 1 is 1.32 bits per heavy atom. The fourth-order valence-electron chi connectivity index (χ4n) is 2.95. The lowest BCUT2D eigenvalue weighted by atomic mass is 10.1. The van der Waals surface area contributed by atoms with E-state index in [1.807, 2.05) is 19.9 Å².